The second-order valence-corrected chi connectivity index (χ2v) is 6.59. The smallest absolute Gasteiger partial charge is 0.138 e. The van der Waals surface area contributed by atoms with E-state index in [2.05, 4.69) is 32.5 Å². The SMILES string of the molecule is c1ccc(-c2ncc(CNC3CCc4ncnn4C3)s2)cc1. The Hall–Kier alpha value is -2.05. The van der Waals surface area contributed by atoms with E-state index in [0.29, 0.717) is 6.04 Å². The Bertz CT molecular complexity index is 749. The lowest BCUT2D eigenvalue weighted by Crippen LogP contribution is -2.37. The summed E-state index contributed by atoms with van der Waals surface area (Å²) in [5.74, 6) is 1.10. The molecule has 1 aromatic carbocycles. The normalized spacial score (nSPS) is 17.4. The van der Waals surface area contributed by atoms with Crippen LogP contribution < -0.4 is 5.32 Å². The molecule has 112 valence electrons. The molecule has 0 spiro atoms. The number of aryl methyl sites for hydroxylation is 1. The minimum absolute atomic E-state index is 0.455. The molecule has 0 fully saturated rings. The summed E-state index contributed by atoms with van der Waals surface area (Å²) >= 11 is 1.75. The van der Waals surface area contributed by atoms with Crippen molar-refractivity contribution in [2.24, 2.45) is 0 Å². The standard InChI is InChI=1S/C16H17N5S/c1-2-4-12(5-3-1)16-18-9-14(22-16)8-17-13-6-7-15-19-11-20-21(15)10-13/h1-5,9,11,13,17H,6-8,10H2. The van der Waals surface area contributed by atoms with Gasteiger partial charge in [0.1, 0.15) is 17.2 Å². The highest BCUT2D eigenvalue weighted by Crippen LogP contribution is 2.25. The quantitative estimate of drug-likeness (QED) is 0.804. The van der Waals surface area contributed by atoms with Gasteiger partial charge in [0.05, 0.1) is 6.54 Å². The maximum absolute atomic E-state index is 4.53. The highest BCUT2D eigenvalue weighted by atomic mass is 32.1. The number of hydrogen-bond donors (Lipinski definition) is 1. The zero-order valence-corrected chi connectivity index (χ0v) is 13.0. The molecule has 1 aliphatic rings. The van der Waals surface area contributed by atoms with Gasteiger partial charge in [-0.2, -0.15) is 5.10 Å². The Morgan fingerprint density at radius 2 is 2.14 bits per heavy atom. The maximum Gasteiger partial charge on any atom is 0.138 e. The molecule has 1 atom stereocenters. The molecule has 6 heteroatoms. The summed E-state index contributed by atoms with van der Waals surface area (Å²) in [5, 5.41) is 8.96. The van der Waals surface area contributed by atoms with Gasteiger partial charge in [-0.15, -0.1) is 11.3 Å². The minimum atomic E-state index is 0.455. The fraction of sp³-hybridized carbons (Fsp3) is 0.312. The van der Waals surface area contributed by atoms with Crippen LogP contribution in [0.3, 0.4) is 0 Å². The molecule has 1 N–H and O–H groups in total. The number of benzene rings is 1. The van der Waals surface area contributed by atoms with Gasteiger partial charge in [-0.1, -0.05) is 30.3 Å². The first-order valence-electron chi connectivity index (χ1n) is 7.49. The van der Waals surface area contributed by atoms with E-state index >= 15 is 0 Å². The van der Waals surface area contributed by atoms with Crippen LogP contribution in [0.25, 0.3) is 10.6 Å². The summed E-state index contributed by atoms with van der Waals surface area (Å²) in [6.45, 7) is 1.76. The maximum atomic E-state index is 4.53. The number of nitrogens with zero attached hydrogens (tertiary/aromatic N) is 4. The first-order valence-corrected chi connectivity index (χ1v) is 8.30. The largest absolute Gasteiger partial charge is 0.307 e. The minimum Gasteiger partial charge on any atom is -0.307 e. The van der Waals surface area contributed by atoms with E-state index in [1.807, 2.05) is 29.1 Å². The van der Waals surface area contributed by atoms with E-state index in [1.165, 1.54) is 10.4 Å². The molecule has 3 aromatic rings. The summed E-state index contributed by atoms with van der Waals surface area (Å²) < 4.78 is 2.00. The molecular formula is C16H17N5S. The molecule has 0 saturated heterocycles. The molecular weight excluding hydrogens is 294 g/mol. The Kier molecular flexibility index (Phi) is 3.70. The van der Waals surface area contributed by atoms with Crippen molar-refractivity contribution in [1.82, 2.24) is 25.1 Å². The fourth-order valence-electron chi connectivity index (χ4n) is 2.75. The highest BCUT2D eigenvalue weighted by Gasteiger charge is 2.19. The van der Waals surface area contributed by atoms with E-state index in [4.69, 9.17) is 0 Å². The van der Waals surface area contributed by atoms with E-state index < -0.39 is 0 Å². The average molecular weight is 311 g/mol. The Labute approximate surface area is 133 Å². The predicted molar refractivity (Wildman–Crippen MR) is 86.5 cm³/mol. The van der Waals surface area contributed by atoms with Crippen molar-refractivity contribution in [3.8, 4) is 10.6 Å². The van der Waals surface area contributed by atoms with Crippen molar-refractivity contribution in [3.63, 3.8) is 0 Å². The van der Waals surface area contributed by atoms with Crippen LogP contribution in [0.1, 0.15) is 17.1 Å². The second kappa shape index (κ2) is 5.98. The molecule has 22 heavy (non-hydrogen) atoms. The Balaban J connectivity index is 1.38. The van der Waals surface area contributed by atoms with E-state index in [9.17, 15) is 0 Å². The van der Waals surface area contributed by atoms with Crippen molar-refractivity contribution in [3.05, 3.63) is 53.6 Å². The second-order valence-electron chi connectivity index (χ2n) is 5.47. The van der Waals surface area contributed by atoms with Crippen molar-refractivity contribution < 1.29 is 0 Å². The lowest BCUT2D eigenvalue weighted by Gasteiger charge is -2.23. The van der Waals surface area contributed by atoms with Crippen LogP contribution in [0.4, 0.5) is 0 Å². The molecule has 0 aliphatic carbocycles. The first kappa shape index (κ1) is 13.6. The Morgan fingerprint density at radius 3 is 3.05 bits per heavy atom. The number of aromatic nitrogens is 4. The van der Waals surface area contributed by atoms with Gasteiger partial charge in [0.2, 0.25) is 0 Å². The summed E-state index contributed by atoms with van der Waals surface area (Å²) in [5.41, 5.74) is 1.18. The van der Waals surface area contributed by atoms with E-state index in [0.717, 1.165) is 36.8 Å². The fourth-order valence-corrected chi connectivity index (χ4v) is 3.62. The molecule has 1 aliphatic heterocycles. The zero-order chi connectivity index (χ0) is 14.8. The molecule has 2 aromatic heterocycles. The molecule has 3 heterocycles. The number of hydrogen-bond acceptors (Lipinski definition) is 5. The van der Waals surface area contributed by atoms with Crippen molar-refractivity contribution in [1.29, 1.82) is 0 Å². The third-order valence-corrected chi connectivity index (χ3v) is 4.99. The monoisotopic (exact) mass is 311 g/mol. The van der Waals surface area contributed by atoms with Gasteiger partial charge in [0.15, 0.2) is 0 Å². The van der Waals surface area contributed by atoms with Crippen molar-refractivity contribution in [2.75, 3.05) is 0 Å². The van der Waals surface area contributed by atoms with Gasteiger partial charge in [0.25, 0.3) is 0 Å². The van der Waals surface area contributed by atoms with Crippen LogP contribution in [0.2, 0.25) is 0 Å². The summed E-state index contributed by atoms with van der Waals surface area (Å²) in [6, 6.07) is 10.8. The zero-order valence-electron chi connectivity index (χ0n) is 12.1. The predicted octanol–water partition coefficient (Wildman–Crippen LogP) is 2.51. The molecule has 0 amide bonds. The number of fused-ring (bicyclic) bond motifs is 1. The first-order chi connectivity index (χ1) is 10.9. The van der Waals surface area contributed by atoms with Gasteiger partial charge in [-0.05, 0) is 6.42 Å². The van der Waals surface area contributed by atoms with Crippen molar-refractivity contribution in [2.45, 2.75) is 32.0 Å². The molecule has 1 unspecified atom stereocenters. The highest BCUT2D eigenvalue weighted by molar-refractivity contribution is 7.15. The van der Waals surface area contributed by atoms with Crippen LogP contribution in [0.15, 0.2) is 42.9 Å². The van der Waals surface area contributed by atoms with Gasteiger partial charge >= 0.3 is 0 Å². The Morgan fingerprint density at radius 1 is 1.23 bits per heavy atom. The van der Waals surface area contributed by atoms with Crippen LogP contribution in [0, 0.1) is 0 Å². The number of rotatable bonds is 4. The van der Waals surface area contributed by atoms with Crippen LogP contribution >= 0.6 is 11.3 Å². The van der Waals surface area contributed by atoms with Gasteiger partial charge in [-0.25, -0.2) is 14.6 Å². The molecule has 0 bridgehead atoms. The summed E-state index contributed by atoms with van der Waals surface area (Å²) in [7, 11) is 0. The average Bonchev–Trinajstić information content (AvgIpc) is 3.22. The lowest BCUT2D eigenvalue weighted by atomic mass is 10.1. The van der Waals surface area contributed by atoms with Crippen LogP contribution in [-0.2, 0) is 19.5 Å². The molecule has 0 radical (unpaired) electrons. The van der Waals surface area contributed by atoms with Gasteiger partial charge in [0, 0.05) is 35.6 Å². The summed E-state index contributed by atoms with van der Waals surface area (Å²) in [6.07, 6.45) is 5.73. The number of thiazole rings is 1. The van der Waals surface area contributed by atoms with Crippen LogP contribution in [0.5, 0.6) is 0 Å². The van der Waals surface area contributed by atoms with Crippen molar-refractivity contribution >= 4 is 11.3 Å². The van der Waals surface area contributed by atoms with E-state index in [1.54, 1.807) is 17.7 Å². The number of nitrogens with one attached hydrogen (secondary N) is 1. The van der Waals surface area contributed by atoms with Crippen LogP contribution in [-0.4, -0.2) is 25.8 Å². The lowest BCUT2D eigenvalue weighted by molar-refractivity contribution is 0.359. The molecule has 0 saturated carbocycles. The van der Waals surface area contributed by atoms with Gasteiger partial charge in [-0.3, -0.25) is 0 Å². The third-order valence-electron chi connectivity index (χ3n) is 3.94. The van der Waals surface area contributed by atoms with E-state index in [-0.39, 0.29) is 0 Å². The third kappa shape index (κ3) is 2.80. The molecule has 5 nitrogen and oxygen atoms in total. The topological polar surface area (TPSA) is 55.6 Å². The van der Waals surface area contributed by atoms with Gasteiger partial charge < -0.3 is 5.32 Å². The molecule has 4 rings (SSSR count). The summed E-state index contributed by atoms with van der Waals surface area (Å²) in [4.78, 5) is 10.1.